The van der Waals surface area contributed by atoms with Crippen LogP contribution in [0, 0.1) is 11.8 Å². The number of aliphatic hydroxyl groups is 1. The molecule has 14 heavy (non-hydrogen) atoms. The molecule has 1 aliphatic heterocycles. The third-order valence-corrected chi connectivity index (χ3v) is 4.03. The van der Waals surface area contributed by atoms with Gasteiger partial charge in [0.1, 0.15) is 0 Å². The smallest absolute Gasteiger partial charge is 0.0650 e. The highest BCUT2D eigenvalue weighted by Crippen LogP contribution is 2.40. The Morgan fingerprint density at radius 2 is 1.86 bits per heavy atom. The molecule has 0 bridgehead atoms. The van der Waals surface area contributed by atoms with Crippen LogP contribution in [0.3, 0.4) is 0 Å². The van der Waals surface area contributed by atoms with Crippen molar-refractivity contribution in [2.45, 2.75) is 51.0 Å². The molecule has 1 atom stereocenters. The normalized spacial score (nSPS) is 29.6. The molecule has 82 valence electrons. The highest BCUT2D eigenvalue weighted by molar-refractivity contribution is 4.89. The second kappa shape index (κ2) is 4.19. The summed E-state index contributed by atoms with van der Waals surface area (Å²) >= 11 is 0. The Morgan fingerprint density at radius 3 is 2.36 bits per heavy atom. The lowest BCUT2D eigenvalue weighted by Gasteiger charge is -2.41. The van der Waals surface area contributed by atoms with Crippen molar-refractivity contribution in [1.82, 2.24) is 0 Å². The van der Waals surface area contributed by atoms with Crippen LogP contribution in [0.4, 0.5) is 0 Å². The van der Waals surface area contributed by atoms with Crippen molar-refractivity contribution >= 4 is 0 Å². The molecule has 2 aliphatic rings. The summed E-state index contributed by atoms with van der Waals surface area (Å²) in [6.07, 6.45) is 7.05. The monoisotopic (exact) mass is 198 g/mol. The highest BCUT2D eigenvalue weighted by Gasteiger charge is 2.37. The van der Waals surface area contributed by atoms with E-state index in [0.717, 1.165) is 32.5 Å². The topological polar surface area (TPSA) is 29.5 Å². The van der Waals surface area contributed by atoms with Crippen LogP contribution in [0.1, 0.15) is 45.4 Å². The zero-order valence-electron chi connectivity index (χ0n) is 9.17. The molecule has 1 N–H and O–H groups in total. The van der Waals surface area contributed by atoms with Crippen molar-refractivity contribution in [2.75, 3.05) is 13.2 Å². The summed E-state index contributed by atoms with van der Waals surface area (Å²) in [5.74, 6) is 1.27. The molecule has 2 heteroatoms. The fourth-order valence-corrected chi connectivity index (χ4v) is 2.73. The maximum Gasteiger partial charge on any atom is 0.0650 e. The summed E-state index contributed by atoms with van der Waals surface area (Å²) in [6.45, 7) is 3.82. The third-order valence-electron chi connectivity index (χ3n) is 4.03. The highest BCUT2D eigenvalue weighted by atomic mass is 16.5. The van der Waals surface area contributed by atoms with E-state index in [9.17, 15) is 5.11 Å². The van der Waals surface area contributed by atoms with Gasteiger partial charge < -0.3 is 9.84 Å². The largest absolute Gasteiger partial charge is 0.390 e. The average Bonchev–Trinajstić information content (AvgIpc) is 2.00. The maximum absolute atomic E-state index is 10.3. The maximum atomic E-state index is 10.3. The summed E-state index contributed by atoms with van der Waals surface area (Å²) < 4.78 is 5.33. The van der Waals surface area contributed by atoms with E-state index in [1.165, 1.54) is 19.3 Å². The van der Waals surface area contributed by atoms with Gasteiger partial charge in [-0.25, -0.2) is 0 Å². The summed E-state index contributed by atoms with van der Waals surface area (Å²) in [6, 6.07) is 0. The average molecular weight is 198 g/mol. The van der Waals surface area contributed by atoms with Gasteiger partial charge in [0.05, 0.1) is 5.60 Å². The van der Waals surface area contributed by atoms with Crippen molar-refractivity contribution in [2.24, 2.45) is 11.8 Å². The fourth-order valence-electron chi connectivity index (χ4n) is 2.73. The van der Waals surface area contributed by atoms with Gasteiger partial charge in [-0.3, -0.25) is 0 Å². The van der Waals surface area contributed by atoms with E-state index in [4.69, 9.17) is 4.74 Å². The first-order valence-corrected chi connectivity index (χ1v) is 5.98. The molecule has 1 saturated heterocycles. The number of ether oxygens (including phenoxy) is 1. The quantitative estimate of drug-likeness (QED) is 0.754. The predicted octanol–water partition coefficient (Wildman–Crippen LogP) is 2.35. The van der Waals surface area contributed by atoms with Gasteiger partial charge >= 0.3 is 0 Å². The Bertz CT molecular complexity index is 179. The van der Waals surface area contributed by atoms with Gasteiger partial charge in [0.25, 0.3) is 0 Å². The Hall–Kier alpha value is -0.0800. The fraction of sp³-hybridized carbons (Fsp3) is 1.00. The van der Waals surface area contributed by atoms with E-state index in [2.05, 4.69) is 0 Å². The number of rotatable bonds is 3. The van der Waals surface area contributed by atoms with Crippen LogP contribution in [0.5, 0.6) is 0 Å². The van der Waals surface area contributed by atoms with E-state index < -0.39 is 5.60 Å². The van der Waals surface area contributed by atoms with Crippen LogP contribution < -0.4 is 0 Å². The second-order valence-corrected chi connectivity index (χ2v) is 5.24. The molecule has 1 saturated carbocycles. The Morgan fingerprint density at radius 1 is 1.21 bits per heavy atom. The molecule has 0 amide bonds. The molecule has 0 aromatic heterocycles. The lowest BCUT2D eigenvalue weighted by molar-refractivity contribution is -0.0642. The van der Waals surface area contributed by atoms with Gasteiger partial charge in [-0.15, -0.1) is 0 Å². The minimum absolute atomic E-state index is 0.403. The summed E-state index contributed by atoms with van der Waals surface area (Å²) in [5.41, 5.74) is -0.403. The SMILES string of the molecule is CC(O)(CC1CCOCC1)C1CCC1. The van der Waals surface area contributed by atoms with Crippen molar-refractivity contribution in [3.63, 3.8) is 0 Å². The van der Waals surface area contributed by atoms with E-state index in [1.807, 2.05) is 6.92 Å². The number of hydrogen-bond acceptors (Lipinski definition) is 2. The van der Waals surface area contributed by atoms with E-state index in [0.29, 0.717) is 11.8 Å². The molecule has 1 aliphatic carbocycles. The van der Waals surface area contributed by atoms with Crippen LogP contribution in [0.25, 0.3) is 0 Å². The van der Waals surface area contributed by atoms with Crippen LogP contribution in [0.2, 0.25) is 0 Å². The predicted molar refractivity (Wildman–Crippen MR) is 56.1 cm³/mol. The standard InChI is InChI=1S/C12H22O2/c1-12(13,11-3-2-4-11)9-10-5-7-14-8-6-10/h10-11,13H,2-9H2,1H3. The first-order valence-electron chi connectivity index (χ1n) is 5.98. The zero-order chi connectivity index (χ0) is 10.0. The molecule has 0 aromatic rings. The molecular formula is C12H22O2. The molecule has 2 fully saturated rings. The minimum atomic E-state index is -0.403. The molecular weight excluding hydrogens is 176 g/mol. The lowest BCUT2D eigenvalue weighted by Crippen LogP contribution is -2.41. The van der Waals surface area contributed by atoms with Gasteiger partial charge in [-0.2, -0.15) is 0 Å². The van der Waals surface area contributed by atoms with Crippen LogP contribution in [0.15, 0.2) is 0 Å². The van der Waals surface area contributed by atoms with Crippen molar-refractivity contribution in [3.05, 3.63) is 0 Å². The van der Waals surface area contributed by atoms with Crippen molar-refractivity contribution < 1.29 is 9.84 Å². The molecule has 1 heterocycles. The van der Waals surface area contributed by atoms with Gasteiger partial charge in [0.2, 0.25) is 0 Å². The molecule has 2 rings (SSSR count). The van der Waals surface area contributed by atoms with Crippen molar-refractivity contribution in [1.29, 1.82) is 0 Å². The Balaban J connectivity index is 1.81. The second-order valence-electron chi connectivity index (χ2n) is 5.24. The Labute approximate surface area is 86.6 Å². The van der Waals surface area contributed by atoms with E-state index in [-0.39, 0.29) is 0 Å². The van der Waals surface area contributed by atoms with Gasteiger partial charge in [0.15, 0.2) is 0 Å². The van der Waals surface area contributed by atoms with Gasteiger partial charge in [0, 0.05) is 13.2 Å². The van der Waals surface area contributed by atoms with Gasteiger partial charge in [-0.05, 0) is 50.9 Å². The zero-order valence-corrected chi connectivity index (χ0v) is 9.17. The van der Waals surface area contributed by atoms with Crippen LogP contribution in [-0.4, -0.2) is 23.9 Å². The lowest BCUT2D eigenvalue weighted by atomic mass is 9.69. The molecule has 0 spiro atoms. The summed E-state index contributed by atoms with van der Waals surface area (Å²) in [5, 5.41) is 10.3. The summed E-state index contributed by atoms with van der Waals surface area (Å²) in [4.78, 5) is 0. The minimum Gasteiger partial charge on any atom is -0.390 e. The molecule has 0 aromatic carbocycles. The van der Waals surface area contributed by atoms with E-state index in [1.54, 1.807) is 0 Å². The van der Waals surface area contributed by atoms with Gasteiger partial charge in [-0.1, -0.05) is 6.42 Å². The van der Waals surface area contributed by atoms with E-state index >= 15 is 0 Å². The molecule has 0 radical (unpaired) electrons. The third kappa shape index (κ3) is 2.29. The Kier molecular flexibility index (Phi) is 3.13. The first-order chi connectivity index (χ1) is 6.68. The summed E-state index contributed by atoms with van der Waals surface area (Å²) in [7, 11) is 0. The van der Waals surface area contributed by atoms with Crippen molar-refractivity contribution in [3.8, 4) is 0 Å². The first kappa shape index (κ1) is 10.4. The van der Waals surface area contributed by atoms with Crippen LogP contribution in [-0.2, 0) is 4.74 Å². The molecule has 2 nitrogen and oxygen atoms in total. The number of hydrogen-bond donors (Lipinski definition) is 1. The molecule has 1 unspecified atom stereocenters. The van der Waals surface area contributed by atoms with Crippen LogP contribution >= 0.6 is 0 Å².